The van der Waals surface area contributed by atoms with Gasteiger partial charge < -0.3 is 10.2 Å². The Balaban J connectivity index is 2.16. The van der Waals surface area contributed by atoms with Gasteiger partial charge in [-0.3, -0.25) is 4.79 Å². The van der Waals surface area contributed by atoms with Crippen LogP contribution in [-0.4, -0.2) is 25.5 Å². The van der Waals surface area contributed by atoms with E-state index in [0.717, 1.165) is 18.7 Å². The van der Waals surface area contributed by atoms with E-state index in [-0.39, 0.29) is 12.5 Å². The molecule has 130 valence electrons. The molecule has 24 heavy (non-hydrogen) atoms. The second kappa shape index (κ2) is 7.65. The van der Waals surface area contributed by atoms with E-state index in [4.69, 9.17) is 0 Å². The Hall–Kier alpha value is -2.09. The Labute approximate surface area is 143 Å². The summed E-state index contributed by atoms with van der Waals surface area (Å²) in [6.07, 6.45) is 3.28. The lowest BCUT2D eigenvalue weighted by Crippen LogP contribution is -2.38. The molecule has 0 bridgehead atoms. The van der Waals surface area contributed by atoms with E-state index in [0.29, 0.717) is 23.6 Å². The number of hydrogen-bond acceptors (Lipinski definition) is 3. The molecule has 0 spiro atoms. The van der Waals surface area contributed by atoms with Crippen molar-refractivity contribution in [1.82, 2.24) is 5.32 Å². The third kappa shape index (κ3) is 4.95. The van der Waals surface area contributed by atoms with Gasteiger partial charge in [-0.1, -0.05) is 6.92 Å². The molecule has 0 unspecified atom stereocenters. The van der Waals surface area contributed by atoms with Gasteiger partial charge in [0.2, 0.25) is 5.91 Å². The van der Waals surface area contributed by atoms with Crippen LogP contribution in [0.2, 0.25) is 0 Å². The second-order valence-corrected chi connectivity index (χ2v) is 6.98. The molecule has 5 heteroatoms. The average Bonchev–Trinajstić information content (AvgIpc) is 3.35. The van der Waals surface area contributed by atoms with Crippen molar-refractivity contribution in [1.29, 1.82) is 5.26 Å². The molecule has 0 atom stereocenters. The highest BCUT2D eigenvalue weighted by Crippen LogP contribution is 2.31. The molecule has 0 saturated heterocycles. The summed E-state index contributed by atoms with van der Waals surface area (Å²) in [6, 6.07) is 7.16. The molecule has 1 saturated carbocycles. The topological polar surface area (TPSA) is 56.1 Å². The number of anilines is 1. The predicted molar refractivity (Wildman–Crippen MR) is 93.5 cm³/mol. The van der Waals surface area contributed by atoms with Crippen LogP contribution in [0.5, 0.6) is 0 Å². The summed E-state index contributed by atoms with van der Waals surface area (Å²) >= 11 is 0. The van der Waals surface area contributed by atoms with Crippen LogP contribution in [0.1, 0.15) is 51.2 Å². The molecular weight excluding hydrogens is 305 g/mol. The number of amides is 1. The highest BCUT2D eigenvalue weighted by atomic mass is 19.1. The summed E-state index contributed by atoms with van der Waals surface area (Å²) in [5.41, 5.74) is -0.131. The first kappa shape index (κ1) is 18.3. The van der Waals surface area contributed by atoms with Gasteiger partial charge in [0, 0.05) is 24.3 Å². The van der Waals surface area contributed by atoms with Gasteiger partial charge in [0.1, 0.15) is 5.67 Å². The fraction of sp³-hybridized carbons (Fsp3) is 0.579. The maximum absolute atomic E-state index is 14.4. The summed E-state index contributed by atoms with van der Waals surface area (Å²) in [5.74, 6) is 0.628. The quantitative estimate of drug-likeness (QED) is 0.793. The molecule has 1 aliphatic carbocycles. The third-order valence-corrected chi connectivity index (χ3v) is 4.24. The van der Waals surface area contributed by atoms with Crippen LogP contribution in [0.25, 0.3) is 0 Å². The van der Waals surface area contributed by atoms with E-state index in [1.807, 2.05) is 17.9 Å². The number of nitrogens with zero attached hydrogens (tertiary/aromatic N) is 2. The zero-order valence-corrected chi connectivity index (χ0v) is 14.7. The number of carbonyl (C=O) groups is 1. The maximum Gasteiger partial charge on any atom is 0.239 e. The van der Waals surface area contributed by atoms with Crippen molar-refractivity contribution in [2.24, 2.45) is 5.92 Å². The molecular formula is C19H26FN3O. The normalized spacial score (nSPS) is 14.1. The van der Waals surface area contributed by atoms with E-state index in [1.165, 1.54) is 26.7 Å². The standard InChI is InChI=1S/C19H26FN3O/c1-4-9-23(13-18(24)22-12-14-5-6-14)16-8-7-15(11-21)17(10-16)19(2,3)20/h7-8,10,14H,4-6,9,12-13H2,1-3H3,(H,22,24). The molecule has 0 aliphatic heterocycles. The number of halogens is 1. The summed E-state index contributed by atoms with van der Waals surface area (Å²) in [5, 5.41) is 12.2. The lowest BCUT2D eigenvalue weighted by Gasteiger charge is -2.26. The van der Waals surface area contributed by atoms with Crippen LogP contribution in [0.15, 0.2) is 18.2 Å². The van der Waals surface area contributed by atoms with E-state index in [9.17, 15) is 14.4 Å². The molecule has 1 aliphatic rings. The van der Waals surface area contributed by atoms with E-state index in [2.05, 4.69) is 5.32 Å². The number of rotatable bonds is 8. The summed E-state index contributed by atoms with van der Waals surface area (Å²) in [4.78, 5) is 14.1. The van der Waals surface area contributed by atoms with Crippen LogP contribution in [0.4, 0.5) is 10.1 Å². The number of nitrogens with one attached hydrogen (secondary N) is 1. The third-order valence-electron chi connectivity index (χ3n) is 4.24. The lowest BCUT2D eigenvalue weighted by atomic mass is 9.94. The van der Waals surface area contributed by atoms with Gasteiger partial charge in [0.25, 0.3) is 0 Å². The monoisotopic (exact) mass is 331 g/mol. The molecule has 1 N–H and O–H groups in total. The Morgan fingerprint density at radius 1 is 1.46 bits per heavy atom. The Morgan fingerprint density at radius 3 is 2.71 bits per heavy atom. The summed E-state index contributed by atoms with van der Waals surface area (Å²) in [7, 11) is 0. The van der Waals surface area contributed by atoms with Crippen LogP contribution >= 0.6 is 0 Å². The highest BCUT2D eigenvalue weighted by Gasteiger charge is 2.25. The van der Waals surface area contributed by atoms with Gasteiger partial charge in [-0.2, -0.15) is 5.26 Å². The van der Waals surface area contributed by atoms with Crippen molar-refractivity contribution in [3.8, 4) is 6.07 Å². The molecule has 0 aromatic heterocycles. The lowest BCUT2D eigenvalue weighted by molar-refractivity contribution is -0.119. The van der Waals surface area contributed by atoms with E-state index < -0.39 is 5.67 Å². The van der Waals surface area contributed by atoms with E-state index >= 15 is 0 Å². The predicted octanol–water partition coefficient (Wildman–Crippen LogP) is 3.51. The van der Waals surface area contributed by atoms with Crippen molar-refractivity contribution < 1.29 is 9.18 Å². The summed E-state index contributed by atoms with van der Waals surface area (Å²) < 4.78 is 14.4. The fourth-order valence-corrected chi connectivity index (χ4v) is 2.70. The summed E-state index contributed by atoms with van der Waals surface area (Å²) in [6.45, 7) is 6.63. The number of carbonyl (C=O) groups excluding carboxylic acids is 1. The average molecular weight is 331 g/mol. The van der Waals surface area contributed by atoms with Gasteiger partial charge in [0.05, 0.1) is 18.2 Å². The number of alkyl halides is 1. The van der Waals surface area contributed by atoms with Crippen molar-refractivity contribution in [2.75, 3.05) is 24.5 Å². The minimum absolute atomic E-state index is 0.0132. The van der Waals surface area contributed by atoms with Crippen molar-refractivity contribution in [3.63, 3.8) is 0 Å². The smallest absolute Gasteiger partial charge is 0.239 e. The van der Waals surface area contributed by atoms with Crippen LogP contribution in [-0.2, 0) is 10.5 Å². The fourth-order valence-electron chi connectivity index (χ4n) is 2.70. The number of nitriles is 1. The minimum atomic E-state index is -1.60. The van der Waals surface area contributed by atoms with Gasteiger partial charge in [0.15, 0.2) is 0 Å². The van der Waals surface area contributed by atoms with Crippen molar-refractivity contribution >= 4 is 11.6 Å². The zero-order chi connectivity index (χ0) is 17.7. The minimum Gasteiger partial charge on any atom is -0.362 e. The molecule has 4 nitrogen and oxygen atoms in total. The first-order valence-electron chi connectivity index (χ1n) is 8.60. The zero-order valence-electron chi connectivity index (χ0n) is 14.7. The first-order chi connectivity index (χ1) is 11.3. The highest BCUT2D eigenvalue weighted by molar-refractivity contribution is 5.81. The Bertz CT molecular complexity index is 626. The first-order valence-corrected chi connectivity index (χ1v) is 8.60. The van der Waals surface area contributed by atoms with Gasteiger partial charge in [-0.15, -0.1) is 0 Å². The molecule has 1 aromatic rings. The van der Waals surface area contributed by atoms with Crippen LogP contribution in [0, 0.1) is 17.2 Å². The van der Waals surface area contributed by atoms with Crippen LogP contribution in [0.3, 0.4) is 0 Å². The van der Waals surface area contributed by atoms with Crippen LogP contribution < -0.4 is 10.2 Å². The van der Waals surface area contributed by atoms with Crippen molar-refractivity contribution in [2.45, 2.75) is 45.7 Å². The van der Waals surface area contributed by atoms with Crippen molar-refractivity contribution in [3.05, 3.63) is 29.3 Å². The van der Waals surface area contributed by atoms with Gasteiger partial charge in [-0.25, -0.2) is 4.39 Å². The van der Waals surface area contributed by atoms with E-state index in [1.54, 1.807) is 18.2 Å². The molecule has 1 amide bonds. The molecule has 0 heterocycles. The molecule has 0 radical (unpaired) electrons. The number of hydrogen-bond donors (Lipinski definition) is 1. The molecule has 1 aromatic carbocycles. The van der Waals surface area contributed by atoms with Gasteiger partial charge in [-0.05, 0) is 57.2 Å². The second-order valence-electron chi connectivity index (χ2n) is 6.98. The van der Waals surface area contributed by atoms with Gasteiger partial charge >= 0.3 is 0 Å². The molecule has 1 fully saturated rings. The number of benzene rings is 1. The largest absolute Gasteiger partial charge is 0.362 e. The Kier molecular flexibility index (Phi) is 5.82. The maximum atomic E-state index is 14.4. The SMILES string of the molecule is CCCN(CC(=O)NCC1CC1)c1ccc(C#N)c(C(C)(C)F)c1. The Morgan fingerprint density at radius 2 is 2.17 bits per heavy atom. The molecule has 2 rings (SSSR count).